The monoisotopic (exact) mass is 237 g/mol. The molecule has 0 aliphatic heterocycles. The minimum atomic E-state index is -0.424. The summed E-state index contributed by atoms with van der Waals surface area (Å²) in [5, 5.41) is 0.764. The van der Waals surface area contributed by atoms with Crippen LogP contribution in [0.4, 0.5) is 10.2 Å². The first-order chi connectivity index (χ1) is 7.65. The molecule has 1 saturated carbocycles. The topological polar surface area (TPSA) is 51.8 Å². The summed E-state index contributed by atoms with van der Waals surface area (Å²) >= 11 is 5.95. The van der Waals surface area contributed by atoms with E-state index in [2.05, 4.69) is 9.97 Å². The van der Waals surface area contributed by atoms with E-state index in [-0.39, 0.29) is 5.02 Å². The summed E-state index contributed by atoms with van der Waals surface area (Å²) in [6.45, 7) is 0. The van der Waals surface area contributed by atoms with E-state index in [0.29, 0.717) is 22.6 Å². The average molecular weight is 238 g/mol. The maximum absolute atomic E-state index is 13.2. The summed E-state index contributed by atoms with van der Waals surface area (Å²) < 4.78 is 13.2. The van der Waals surface area contributed by atoms with Crippen molar-refractivity contribution < 1.29 is 4.39 Å². The van der Waals surface area contributed by atoms with E-state index in [4.69, 9.17) is 17.3 Å². The third kappa shape index (κ3) is 1.50. The van der Waals surface area contributed by atoms with Gasteiger partial charge >= 0.3 is 0 Å². The molecule has 0 radical (unpaired) electrons. The molecular formula is C11H9ClFN3. The van der Waals surface area contributed by atoms with Gasteiger partial charge in [0.2, 0.25) is 0 Å². The first-order valence-electron chi connectivity index (χ1n) is 5.07. The predicted molar refractivity (Wildman–Crippen MR) is 60.9 cm³/mol. The number of nitrogen functional groups attached to an aromatic ring is 1. The number of rotatable bonds is 1. The zero-order valence-electron chi connectivity index (χ0n) is 8.37. The van der Waals surface area contributed by atoms with E-state index in [9.17, 15) is 4.39 Å². The summed E-state index contributed by atoms with van der Waals surface area (Å²) in [6.07, 6.45) is 2.17. The van der Waals surface area contributed by atoms with Gasteiger partial charge in [-0.3, -0.25) is 0 Å². The van der Waals surface area contributed by atoms with Crippen molar-refractivity contribution >= 4 is 28.3 Å². The van der Waals surface area contributed by atoms with Gasteiger partial charge in [-0.15, -0.1) is 0 Å². The fraction of sp³-hybridized carbons (Fsp3) is 0.273. The molecule has 1 fully saturated rings. The van der Waals surface area contributed by atoms with Crippen molar-refractivity contribution in [3.8, 4) is 0 Å². The predicted octanol–water partition coefficient (Wildman–Crippen LogP) is 2.88. The highest BCUT2D eigenvalue weighted by Gasteiger charge is 2.27. The van der Waals surface area contributed by atoms with Gasteiger partial charge < -0.3 is 5.73 Å². The standard InChI is InChI=1S/C11H9ClFN3/c12-8-4-6(13)3-7-9(8)15-11(5-1-2-5)16-10(7)14/h3-5H,1-2H2,(H2,14,15,16). The lowest BCUT2D eigenvalue weighted by Crippen LogP contribution is -2.00. The molecule has 3 nitrogen and oxygen atoms in total. The first kappa shape index (κ1) is 9.78. The molecule has 2 N–H and O–H groups in total. The summed E-state index contributed by atoms with van der Waals surface area (Å²) in [6, 6.07) is 2.56. The quantitative estimate of drug-likeness (QED) is 0.830. The van der Waals surface area contributed by atoms with E-state index in [0.717, 1.165) is 18.7 Å². The molecule has 16 heavy (non-hydrogen) atoms. The van der Waals surface area contributed by atoms with Crippen molar-refractivity contribution in [3.63, 3.8) is 0 Å². The Labute approximate surface area is 96.5 Å². The van der Waals surface area contributed by atoms with Crippen LogP contribution in [0.25, 0.3) is 10.9 Å². The Morgan fingerprint density at radius 2 is 2.06 bits per heavy atom. The van der Waals surface area contributed by atoms with Crippen LogP contribution in [0.3, 0.4) is 0 Å². The Kier molecular flexibility index (Phi) is 2.01. The number of hydrogen-bond donors (Lipinski definition) is 1. The highest BCUT2D eigenvalue weighted by Crippen LogP contribution is 2.39. The van der Waals surface area contributed by atoms with E-state index in [1.807, 2.05) is 0 Å². The molecule has 0 saturated heterocycles. The largest absolute Gasteiger partial charge is 0.383 e. The highest BCUT2D eigenvalue weighted by atomic mass is 35.5. The summed E-state index contributed by atoms with van der Waals surface area (Å²) in [5.41, 5.74) is 6.32. The van der Waals surface area contributed by atoms with E-state index >= 15 is 0 Å². The van der Waals surface area contributed by atoms with Gasteiger partial charge in [0, 0.05) is 11.3 Å². The molecule has 82 valence electrons. The SMILES string of the molecule is Nc1nc(C2CC2)nc2c(Cl)cc(F)cc12. The van der Waals surface area contributed by atoms with Gasteiger partial charge in [0.25, 0.3) is 0 Å². The Hall–Kier alpha value is -1.42. The van der Waals surface area contributed by atoms with Gasteiger partial charge in [0.15, 0.2) is 0 Å². The molecule has 0 spiro atoms. The lowest BCUT2D eigenvalue weighted by Gasteiger charge is -2.06. The van der Waals surface area contributed by atoms with Crippen LogP contribution in [0, 0.1) is 5.82 Å². The second kappa shape index (κ2) is 3.28. The van der Waals surface area contributed by atoms with E-state index in [1.54, 1.807) is 0 Å². The summed E-state index contributed by atoms with van der Waals surface area (Å²) in [7, 11) is 0. The Morgan fingerprint density at radius 3 is 2.75 bits per heavy atom. The fourth-order valence-corrected chi connectivity index (χ4v) is 1.97. The number of nitrogens with zero attached hydrogens (tertiary/aromatic N) is 2. The van der Waals surface area contributed by atoms with Gasteiger partial charge in [-0.25, -0.2) is 14.4 Å². The molecular weight excluding hydrogens is 229 g/mol. The maximum Gasteiger partial charge on any atom is 0.135 e. The average Bonchev–Trinajstić information content (AvgIpc) is 3.02. The Morgan fingerprint density at radius 1 is 1.31 bits per heavy atom. The van der Waals surface area contributed by atoms with Crippen LogP contribution in [0.1, 0.15) is 24.6 Å². The van der Waals surface area contributed by atoms with Gasteiger partial charge in [-0.2, -0.15) is 0 Å². The molecule has 3 rings (SSSR count). The second-order valence-corrected chi connectivity index (χ2v) is 4.43. The molecule has 2 aromatic rings. The van der Waals surface area contributed by atoms with Crippen LogP contribution in [0.5, 0.6) is 0 Å². The number of anilines is 1. The molecule has 1 aromatic heterocycles. The Balaban J connectivity index is 2.32. The van der Waals surface area contributed by atoms with Crippen molar-refractivity contribution in [2.24, 2.45) is 0 Å². The number of aromatic nitrogens is 2. The molecule has 5 heteroatoms. The highest BCUT2D eigenvalue weighted by molar-refractivity contribution is 6.35. The van der Waals surface area contributed by atoms with Crippen LogP contribution < -0.4 is 5.73 Å². The normalized spacial score (nSPS) is 15.6. The maximum atomic E-state index is 13.2. The molecule has 0 amide bonds. The van der Waals surface area contributed by atoms with Gasteiger partial charge in [-0.05, 0) is 25.0 Å². The summed E-state index contributed by atoms with van der Waals surface area (Å²) in [5.74, 6) is 0.992. The number of fused-ring (bicyclic) bond motifs is 1. The molecule has 0 bridgehead atoms. The van der Waals surface area contributed by atoms with Gasteiger partial charge in [-0.1, -0.05) is 11.6 Å². The lowest BCUT2D eigenvalue weighted by molar-refractivity contribution is 0.629. The van der Waals surface area contributed by atoms with Crippen LogP contribution >= 0.6 is 11.6 Å². The van der Waals surface area contributed by atoms with Crippen molar-refractivity contribution in [3.05, 3.63) is 28.8 Å². The van der Waals surface area contributed by atoms with Crippen molar-refractivity contribution in [1.29, 1.82) is 0 Å². The molecule has 1 heterocycles. The van der Waals surface area contributed by atoms with Crippen LogP contribution in [0.15, 0.2) is 12.1 Å². The zero-order valence-corrected chi connectivity index (χ0v) is 9.13. The smallest absolute Gasteiger partial charge is 0.135 e. The van der Waals surface area contributed by atoms with Crippen LogP contribution in [0.2, 0.25) is 5.02 Å². The third-order valence-corrected chi connectivity index (χ3v) is 3.00. The van der Waals surface area contributed by atoms with Gasteiger partial charge in [0.05, 0.1) is 10.5 Å². The molecule has 1 aromatic carbocycles. The molecule has 0 atom stereocenters. The minimum absolute atomic E-state index is 0.283. The summed E-state index contributed by atoms with van der Waals surface area (Å²) in [4.78, 5) is 8.54. The number of nitrogens with two attached hydrogens (primary N) is 1. The van der Waals surface area contributed by atoms with E-state index < -0.39 is 5.82 Å². The Bertz CT molecular complexity index is 581. The number of benzene rings is 1. The van der Waals surface area contributed by atoms with Crippen LogP contribution in [-0.4, -0.2) is 9.97 Å². The van der Waals surface area contributed by atoms with Crippen LogP contribution in [-0.2, 0) is 0 Å². The first-order valence-corrected chi connectivity index (χ1v) is 5.45. The van der Waals surface area contributed by atoms with Crippen molar-refractivity contribution in [2.45, 2.75) is 18.8 Å². The number of halogens is 2. The molecule has 1 aliphatic carbocycles. The van der Waals surface area contributed by atoms with E-state index in [1.165, 1.54) is 12.1 Å². The molecule has 1 aliphatic rings. The van der Waals surface area contributed by atoms with Gasteiger partial charge in [0.1, 0.15) is 17.5 Å². The van der Waals surface area contributed by atoms with Crippen molar-refractivity contribution in [2.75, 3.05) is 5.73 Å². The number of hydrogen-bond acceptors (Lipinski definition) is 3. The second-order valence-electron chi connectivity index (χ2n) is 4.03. The third-order valence-electron chi connectivity index (χ3n) is 2.71. The lowest BCUT2D eigenvalue weighted by atomic mass is 10.2. The molecule has 0 unspecified atom stereocenters. The zero-order chi connectivity index (χ0) is 11.3. The minimum Gasteiger partial charge on any atom is -0.383 e. The van der Waals surface area contributed by atoms with Crippen molar-refractivity contribution in [1.82, 2.24) is 9.97 Å². The fourth-order valence-electron chi connectivity index (χ4n) is 1.72.